The van der Waals surface area contributed by atoms with Gasteiger partial charge in [-0.05, 0) is 20.8 Å². The molecule has 1 atom stereocenters. The van der Waals surface area contributed by atoms with Crippen LogP contribution in [-0.2, 0) is 4.79 Å². The molecule has 114 valence electrons. The van der Waals surface area contributed by atoms with E-state index in [0.29, 0.717) is 18.8 Å². The fourth-order valence-electron chi connectivity index (χ4n) is 2.20. The molecular weight excluding hydrogens is 276 g/mol. The van der Waals surface area contributed by atoms with Crippen molar-refractivity contribution in [1.82, 2.24) is 9.80 Å². The summed E-state index contributed by atoms with van der Waals surface area (Å²) in [6.45, 7) is 10.7. The Morgan fingerprint density at radius 1 is 1.50 bits per heavy atom. The Bertz CT molecular complexity index is 379. The summed E-state index contributed by atoms with van der Waals surface area (Å²) in [5, 5.41) is 8.99. The molecule has 1 heterocycles. The molecule has 2 amide bonds. The van der Waals surface area contributed by atoms with Crippen LogP contribution in [0.2, 0.25) is 0 Å². The lowest BCUT2D eigenvalue weighted by Crippen LogP contribution is -2.57. The Labute approximate surface area is 125 Å². The average molecular weight is 300 g/mol. The summed E-state index contributed by atoms with van der Waals surface area (Å²) in [7, 11) is 0. The minimum atomic E-state index is -0.860. The van der Waals surface area contributed by atoms with E-state index in [1.165, 1.54) is 0 Å². The second-order valence-corrected chi connectivity index (χ2v) is 7.02. The van der Waals surface area contributed by atoms with Gasteiger partial charge < -0.3 is 14.9 Å². The van der Waals surface area contributed by atoms with Crippen molar-refractivity contribution in [2.24, 2.45) is 0 Å². The van der Waals surface area contributed by atoms with Crippen LogP contribution in [-0.4, -0.2) is 63.1 Å². The van der Waals surface area contributed by atoms with E-state index < -0.39 is 5.97 Å². The molecule has 1 fully saturated rings. The molecule has 1 rings (SSSR count). The third-order valence-corrected chi connectivity index (χ3v) is 4.33. The van der Waals surface area contributed by atoms with Gasteiger partial charge in [-0.2, -0.15) is 11.8 Å². The minimum Gasteiger partial charge on any atom is -0.481 e. The summed E-state index contributed by atoms with van der Waals surface area (Å²) >= 11 is 1.70. The molecular formula is C14H24N2O3S. The highest BCUT2D eigenvalue weighted by molar-refractivity contribution is 7.99. The highest BCUT2D eigenvalue weighted by Gasteiger charge is 2.35. The second-order valence-electron chi connectivity index (χ2n) is 5.87. The molecule has 1 N–H and O–H groups in total. The molecule has 0 aromatic rings. The van der Waals surface area contributed by atoms with Crippen LogP contribution in [0.4, 0.5) is 4.79 Å². The van der Waals surface area contributed by atoms with Crippen molar-refractivity contribution in [3.63, 3.8) is 0 Å². The summed E-state index contributed by atoms with van der Waals surface area (Å²) in [4.78, 5) is 27.1. The fraction of sp³-hybridized carbons (Fsp3) is 0.714. The van der Waals surface area contributed by atoms with Gasteiger partial charge >= 0.3 is 12.0 Å². The van der Waals surface area contributed by atoms with Crippen molar-refractivity contribution in [2.75, 3.05) is 24.6 Å². The Balaban J connectivity index is 2.89. The highest BCUT2D eigenvalue weighted by atomic mass is 32.2. The maximum atomic E-state index is 12.7. The molecule has 6 heteroatoms. The van der Waals surface area contributed by atoms with E-state index >= 15 is 0 Å². The van der Waals surface area contributed by atoms with E-state index in [4.69, 9.17) is 5.11 Å². The van der Waals surface area contributed by atoms with Gasteiger partial charge in [0, 0.05) is 30.1 Å². The summed E-state index contributed by atoms with van der Waals surface area (Å²) < 4.78 is 0. The molecule has 1 unspecified atom stereocenters. The van der Waals surface area contributed by atoms with Gasteiger partial charge in [0.2, 0.25) is 0 Å². The molecule has 1 saturated heterocycles. The van der Waals surface area contributed by atoms with Crippen molar-refractivity contribution in [3.8, 4) is 0 Å². The van der Waals surface area contributed by atoms with Gasteiger partial charge in [0.25, 0.3) is 0 Å². The summed E-state index contributed by atoms with van der Waals surface area (Å²) in [6, 6.07) is -0.322. The Morgan fingerprint density at radius 3 is 2.65 bits per heavy atom. The van der Waals surface area contributed by atoms with Gasteiger partial charge in [-0.15, -0.1) is 6.58 Å². The van der Waals surface area contributed by atoms with Crippen LogP contribution >= 0.6 is 11.8 Å². The van der Waals surface area contributed by atoms with E-state index in [9.17, 15) is 9.59 Å². The summed E-state index contributed by atoms with van der Waals surface area (Å²) in [6.07, 6.45) is 1.71. The number of nitrogens with zero attached hydrogens (tertiary/aromatic N) is 2. The van der Waals surface area contributed by atoms with Crippen LogP contribution in [0.1, 0.15) is 27.2 Å². The molecule has 20 heavy (non-hydrogen) atoms. The van der Waals surface area contributed by atoms with E-state index in [0.717, 1.165) is 5.75 Å². The van der Waals surface area contributed by atoms with Crippen LogP contribution < -0.4 is 0 Å². The molecule has 1 aliphatic heterocycles. The number of urea groups is 1. The fourth-order valence-corrected chi connectivity index (χ4v) is 3.26. The van der Waals surface area contributed by atoms with Gasteiger partial charge in [0.05, 0.1) is 12.5 Å². The summed E-state index contributed by atoms with van der Waals surface area (Å²) in [5.74, 6) is 0.680. The number of carbonyl (C=O) groups excluding carboxylic acids is 1. The molecule has 0 aromatic carbocycles. The average Bonchev–Trinajstić information content (AvgIpc) is 2.33. The van der Waals surface area contributed by atoms with Crippen molar-refractivity contribution < 1.29 is 14.7 Å². The van der Waals surface area contributed by atoms with E-state index in [1.807, 2.05) is 20.8 Å². The molecule has 1 aliphatic rings. The molecule has 5 nitrogen and oxygen atoms in total. The monoisotopic (exact) mass is 300 g/mol. The maximum Gasteiger partial charge on any atom is 0.321 e. The van der Waals surface area contributed by atoms with Gasteiger partial charge in [-0.25, -0.2) is 4.79 Å². The maximum absolute atomic E-state index is 12.7. The first-order chi connectivity index (χ1) is 9.27. The van der Waals surface area contributed by atoms with E-state index in [-0.39, 0.29) is 24.0 Å². The predicted molar refractivity (Wildman–Crippen MR) is 82.1 cm³/mol. The van der Waals surface area contributed by atoms with Crippen molar-refractivity contribution in [1.29, 1.82) is 0 Å². The first kappa shape index (κ1) is 16.9. The lowest BCUT2D eigenvalue weighted by atomic mass is 10.1. The van der Waals surface area contributed by atoms with Gasteiger partial charge in [-0.1, -0.05) is 6.08 Å². The highest BCUT2D eigenvalue weighted by Crippen LogP contribution is 2.23. The SMILES string of the molecule is C=CCN(C(=O)N1CCSCC1CC(=O)O)C(C)(C)C. The zero-order valence-corrected chi connectivity index (χ0v) is 13.3. The standard InChI is InChI=1S/C14H24N2O3S/c1-5-6-16(14(2,3)4)13(19)15-7-8-20-10-11(15)9-12(17)18/h5,11H,1,6-10H2,2-4H3,(H,17,18). The molecule has 0 aliphatic carbocycles. The van der Waals surface area contributed by atoms with Gasteiger partial charge in [0.15, 0.2) is 0 Å². The van der Waals surface area contributed by atoms with Crippen LogP contribution in [0.3, 0.4) is 0 Å². The molecule has 0 aromatic heterocycles. The first-order valence-corrected chi connectivity index (χ1v) is 7.91. The van der Waals surface area contributed by atoms with Crippen molar-refractivity contribution in [2.45, 2.75) is 38.8 Å². The number of carboxylic acids is 1. The predicted octanol–water partition coefficient (Wildman–Crippen LogP) is 2.29. The van der Waals surface area contributed by atoms with Crippen molar-refractivity contribution in [3.05, 3.63) is 12.7 Å². The zero-order valence-electron chi connectivity index (χ0n) is 12.5. The van der Waals surface area contributed by atoms with Crippen LogP contribution in [0.5, 0.6) is 0 Å². The molecule has 0 bridgehead atoms. The number of aliphatic carboxylic acids is 1. The quantitative estimate of drug-likeness (QED) is 0.809. The van der Waals surface area contributed by atoms with Gasteiger partial charge in [0.1, 0.15) is 0 Å². The Morgan fingerprint density at radius 2 is 2.15 bits per heavy atom. The Kier molecular flexibility index (Phi) is 5.92. The van der Waals surface area contributed by atoms with Crippen LogP contribution in [0.25, 0.3) is 0 Å². The smallest absolute Gasteiger partial charge is 0.321 e. The third kappa shape index (κ3) is 4.44. The number of hydrogen-bond acceptors (Lipinski definition) is 3. The third-order valence-electron chi connectivity index (χ3n) is 3.24. The van der Waals surface area contributed by atoms with Crippen LogP contribution in [0.15, 0.2) is 12.7 Å². The van der Waals surface area contributed by atoms with E-state index in [1.54, 1.807) is 27.6 Å². The second kappa shape index (κ2) is 7.02. The number of carbonyl (C=O) groups is 2. The largest absolute Gasteiger partial charge is 0.481 e. The van der Waals surface area contributed by atoms with Crippen molar-refractivity contribution >= 4 is 23.8 Å². The minimum absolute atomic E-state index is 0.00477. The summed E-state index contributed by atoms with van der Waals surface area (Å²) in [5.41, 5.74) is -0.316. The van der Waals surface area contributed by atoms with E-state index in [2.05, 4.69) is 6.58 Å². The first-order valence-electron chi connectivity index (χ1n) is 6.76. The van der Waals surface area contributed by atoms with Crippen LogP contribution in [0, 0.1) is 0 Å². The number of thioether (sulfide) groups is 1. The topological polar surface area (TPSA) is 60.9 Å². The van der Waals surface area contributed by atoms with Gasteiger partial charge in [-0.3, -0.25) is 4.79 Å². The lowest BCUT2D eigenvalue weighted by Gasteiger charge is -2.42. The number of rotatable bonds is 4. The number of amides is 2. The molecule has 0 saturated carbocycles. The lowest BCUT2D eigenvalue weighted by molar-refractivity contribution is -0.138. The molecule has 0 radical (unpaired) electrons. The zero-order chi connectivity index (χ0) is 15.3. The Hall–Kier alpha value is -1.17. The number of carboxylic acid groups (broad SMARTS) is 1. The normalized spacial score (nSPS) is 19.6. The molecule has 0 spiro atoms. The number of hydrogen-bond donors (Lipinski definition) is 1.